The maximum atomic E-state index is 11.1. The second-order valence-electron chi connectivity index (χ2n) is 4.22. The van der Waals surface area contributed by atoms with Crippen molar-refractivity contribution in [3.8, 4) is 0 Å². The Bertz CT molecular complexity index is 367. The molecule has 0 heterocycles. The average Bonchev–Trinajstić information content (AvgIpc) is 2.16. The van der Waals surface area contributed by atoms with Crippen molar-refractivity contribution < 1.29 is 9.90 Å². The van der Waals surface area contributed by atoms with Gasteiger partial charge in [-0.25, -0.2) is 4.79 Å². The first-order chi connectivity index (χ1) is 7.45. The molecule has 0 spiro atoms. The molecule has 0 aliphatic carbocycles. The van der Waals surface area contributed by atoms with E-state index in [1.54, 1.807) is 0 Å². The summed E-state index contributed by atoms with van der Waals surface area (Å²) < 4.78 is 0. The molecule has 0 saturated carbocycles. The number of hydrogen-bond acceptors (Lipinski definition) is 2. The zero-order valence-corrected chi connectivity index (χ0v) is 10.3. The quantitative estimate of drug-likeness (QED) is 0.849. The van der Waals surface area contributed by atoms with Gasteiger partial charge in [-0.3, -0.25) is 0 Å². The highest BCUT2D eigenvalue weighted by Gasteiger charge is 2.20. The Morgan fingerprint density at radius 1 is 1.31 bits per heavy atom. The van der Waals surface area contributed by atoms with E-state index in [9.17, 15) is 4.79 Å². The van der Waals surface area contributed by atoms with E-state index in [1.165, 1.54) is 0 Å². The maximum absolute atomic E-state index is 11.1. The second-order valence-corrected chi connectivity index (χ2v) is 4.22. The zero-order valence-electron chi connectivity index (χ0n) is 10.3. The Morgan fingerprint density at radius 2 is 1.81 bits per heavy atom. The summed E-state index contributed by atoms with van der Waals surface area (Å²) in [6.07, 6.45) is 0.596. The largest absolute Gasteiger partial charge is 0.480 e. The minimum Gasteiger partial charge on any atom is -0.480 e. The Balaban J connectivity index is 3.02. The fourth-order valence-electron chi connectivity index (χ4n) is 1.95. The van der Waals surface area contributed by atoms with Gasteiger partial charge in [0.2, 0.25) is 0 Å². The topological polar surface area (TPSA) is 40.5 Å². The summed E-state index contributed by atoms with van der Waals surface area (Å²) in [5.74, 6) is -0.774. The summed E-state index contributed by atoms with van der Waals surface area (Å²) in [6.45, 7) is 5.93. The molecule has 0 amide bonds. The predicted octanol–water partition coefficient (Wildman–Crippen LogP) is 2.60. The van der Waals surface area contributed by atoms with E-state index in [2.05, 4.69) is 6.07 Å². The van der Waals surface area contributed by atoms with Crippen molar-refractivity contribution in [2.24, 2.45) is 0 Å². The van der Waals surface area contributed by atoms with Crippen LogP contribution in [0.1, 0.15) is 24.5 Å². The van der Waals surface area contributed by atoms with Crippen LogP contribution >= 0.6 is 0 Å². The van der Waals surface area contributed by atoms with Gasteiger partial charge in [0.05, 0.1) is 0 Å². The standard InChI is InChI=1S/C13H19NO2/c1-5-12(13(15)16)14(4)11-7-9(2)6-10(3)8-11/h6-8,12H,5H2,1-4H3,(H,15,16). The first-order valence-electron chi connectivity index (χ1n) is 5.49. The normalized spacial score (nSPS) is 12.2. The lowest BCUT2D eigenvalue weighted by molar-refractivity contribution is -0.138. The van der Waals surface area contributed by atoms with Gasteiger partial charge in [0.25, 0.3) is 0 Å². The third-order valence-electron chi connectivity index (χ3n) is 2.75. The van der Waals surface area contributed by atoms with Gasteiger partial charge in [0.15, 0.2) is 0 Å². The first-order valence-corrected chi connectivity index (χ1v) is 5.49. The highest BCUT2D eigenvalue weighted by molar-refractivity contribution is 5.78. The van der Waals surface area contributed by atoms with E-state index in [-0.39, 0.29) is 0 Å². The molecule has 88 valence electrons. The number of hydrogen-bond donors (Lipinski definition) is 1. The SMILES string of the molecule is CCC(C(=O)O)N(C)c1cc(C)cc(C)c1. The van der Waals surface area contributed by atoms with Crippen molar-refractivity contribution in [1.82, 2.24) is 0 Å². The van der Waals surface area contributed by atoms with Crippen molar-refractivity contribution in [1.29, 1.82) is 0 Å². The van der Waals surface area contributed by atoms with Crippen LogP contribution in [0.15, 0.2) is 18.2 Å². The minimum atomic E-state index is -0.774. The molecule has 0 aliphatic heterocycles. The highest BCUT2D eigenvalue weighted by Crippen LogP contribution is 2.20. The molecule has 1 N–H and O–H groups in total. The van der Waals surface area contributed by atoms with Crippen LogP contribution in [0.3, 0.4) is 0 Å². The summed E-state index contributed by atoms with van der Waals surface area (Å²) in [6, 6.07) is 5.65. The predicted molar refractivity (Wildman–Crippen MR) is 66.0 cm³/mol. The van der Waals surface area contributed by atoms with Crippen LogP contribution in [0.5, 0.6) is 0 Å². The van der Waals surface area contributed by atoms with Crippen LogP contribution in [-0.4, -0.2) is 24.2 Å². The van der Waals surface area contributed by atoms with Crippen LogP contribution in [0.4, 0.5) is 5.69 Å². The van der Waals surface area contributed by atoms with E-state index in [4.69, 9.17) is 5.11 Å². The van der Waals surface area contributed by atoms with Gasteiger partial charge in [-0.05, 0) is 43.5 Å². The van der Waals surface area contributed by atoms with Crippen LogP contribution in [0.2, 0.25) is 0 Å². The molecule has 1 aromatic carbocycles. The molecular formula is C13H19NO2. The lowest BCUT2D eigenvalue weighted by atomic mass is 10.1. The molecule has 0 aromatic heterocycles. The smallest absolute Gasteiger partial charge is 0.326 e. The summed E-state index contributed by atoms with van der Waals surface area (Å²) in [4.78, 5) is 12.9. The van der Waals surface area contributed by atoms with Crippen LogP contribution in [0, 0.1) is 13.8 Å². The molecule has 3 nitrogen and oxygen atoms in total. The zero-order chi connectivity index (χ0) is 12.3. The summed E-state index contributed by atoms with van der Waals surface area (Å²) in [5.41, 5.74) is 3.27. The van der Waals surface area contributed by atoms with E-state index in [1.807, 2.05) is 44.9 Å². The number of aliphatic carboxylic acids is 1. The van der Waals surface area contributed by atoms with Gasteiger partial charge in [-0.1, -0.05) is 13.0 Å². The van der Waals surface area contributed by atoms with Crippen LogP contribution in [-0.2, 0) is 4.79 Å². The van der Waals surface area contributed by atoms with Gasteiger partial charge < -0.3 is 10.0 Å². The summed E-state index contributed by atoms with van der Waals surface area (Å²) >= 11 is 0. The Morgan fingerprint density at radius 3 is 2.19 bits per heavy atom. The minimum absolute atomic E-state index is 0.457. The number of rotatable bonds is 4. The number of likely N-dealkylation sites (N-methyl/N-ethyl adjacent to an activating group) is 1. The lowest BCUT2D eigenvalue weighted by Gasteiger charge is -2.26. The highest BCUT2D eigenvalue weighted by atomic mass is 16.4. The van der Waals surface area contributed by atoms with Crippen molar-refractivity contribution >= 4 is 11.7 Å². The number of nitrogens with zero attached hydrogens (tertiary/aromatic N) is 1. The molecule has 0 radical (unpaired) electrons. The fraction of sp³-hybridized carbons (Fsp3) is 0.462. The van der Waals surface area contributed by atoms with E-state index in [0.29, 0.717) is 6.42 Å². The number of carboxylic acids is 1. The molecule has 0 saturated heterocycles. The molecule has 1 rings (SSSR count). The van der Waals surface area contributed by atoms with Crippen molar-refractivity contribution in [2.45, 2.75) is 33.2 Å². The molecule has 1 aromatic rings. The first kappa shape index (κ1) is 12.6. The summed E-state index contributed by atoms with van der Waals surface area (Å²) in [7, 11) is 1.83. The third kappa shape index (κ3) is 2.75. The maximum Gasteiger partial charge on any atom is 0.326 e. The van der Waals surface area contributed by atoms with Crippen LogP contribution in [0.25, 0.3) is 0 Å². The number of aryl methyl sites for hydroxylation is 2. The monoisotopic (exact) mass is 221 g/mol. The van der Waals surface area contributed by atoms with Crippen molar-refractivity contribution in [3.63, 3.8) is 0 Å². The molecular weight excluding hydrogens is 202 g/mol. The number of carboxylic acid groups (broad SMARTS) is 1. The molecule has 3 heteroatoms. The van der Waals surface area contributed by atoms with Crippen LogP contribution < -0.4 is 4.90 Å². The van der Waals surface area contributed by atoms with Gasteiger partial charge in [0.1, 0.15) is 6.04 Å². The number of anilines is 1. The molecule has 1 unspecified atom stereocenters. The Labute approximate surface area is 96.7 Å². The van der Waals surface area contributed by atoms with E-state index in [0.717, 1.165) is 16.8 Å². The number of benzene rings is 1. The van der Waals surface area contributed by atoms with Gasteiger partial charge >= 0.3 is 5.97 Å². The average molecular weight is 221 g/mol. The van der Waals surface area contributed by atoms with Gasteiger partial charge in [-0.15, -0.1) is 0 Å². The molecule has 0 bridgehead atoms. The fourth-order valence-corrected chi connectivity index (χ4v) is 1.95. The second kappa shape index (κ2) is 5.01. The van der Waals surface area contributed by atoms with E-state index < -0.39 is 12.0 Å². The Hall–Kier alpha value is -1.51. The number of carbonyl (C=O) groups is 1. The van der Waals surface area contributed by atoms with Gasteiger partial charge in [0, 0.05) is 12.7 Å². The Kier molecular flexibility index (Phi) is 3.93. The molecule has 1 atom stereocenters. The van der Waals surface area contributed by atoms with Crippen molar-refractivity contribution in [2.75, 3.05) is 11.9 Å². The van der Waals surface area contributed by atoms with E-state index >= 15 is 0 Å². The molecule has 16 heavy (non-hydrogen) atoms. The molecule has 0 aliphatic rings. The van der Waals surface area contributed by atoms with Crippen molar-refractivity contribution in [3.05, 3.63) is 29.3 Å². The third-order valence-corrected chi connectivity index (χ3v) is 2.75. The molecule has 0 fully saturated rings. The van der Waals surface area contributed by atoms with Gasteiger partial charge in [-0.2, -0.15) is 0 Å². The summed E-state index contributed by atoms with van der Waals surface area (Å²) in [5, 5.41) is 9.10. The lowest BCUT2D eigenvalue weighted by Crippen LogP contribution is -2.38.